The Morgan fingerprint density at radius 1 is 1.28 bits per heavy atom. The molecule has 0 aliphatic heterocycles. The maximum atomic E-state index is 11.4. The van der Waals surface area contributed by atoms with Gasteiger partial charge in [0.2, 0.25) is 0 Å². The van der Waals surface area contributed by atoms with Crippen molar-refractivity contribution < 1.29 is 9.90 Å². The van der Waals surface area contributed by atoms with E-state index in [0.717, 1.165) is 32.1 Å². The molecule has 0 heterocycles. The number of carboxylic acid groups (broad SMARTS) is 1. The van der Waals surface area contributed by atoms with Crippen LogP contribution in [0.15, 0.2) is 0 Å². The molecule has 3 unspecified atom stereocenters. The fourth-order valence-corrected chi connectivity index (χ4v) is 3.24. The molecular formula is C16H30O2. The summed E-state index contributed by atoms with van der Waals surface area (Å²) in [5.41, 5.74) is 0.319. The van der Waals surface area contributed by atoms with Crippen molar-refractivity contribution in [3.8, 4) is 0 Å². The minimum atomic E-state index is -0.573. The molecule has 1 aliphatic carbocycles. The third kappa shape index (κ3) is 4.29. The van der Waals surface area contributed by atoms with Gasteiger partial charge >= 0.3 is 5.97 Å². The quantitative estimate of drug-likeness (QED) is 0.797. The van der Waals surface area contributed by atoms with Crippen LogP contribution < -0.4 is 0 Å². The summed E-state index contributed by atoms with van der Waals surface area (Å²) in [4.78, 5) is 11.4. The van der Waals surface area contributed by atoms with Gasteiger partial charge in [-0.05, 0) is 48.9 Å². The first-order chi connectivity index (χ1) is 8.21. The second kappa shape index (κ2) is 6.08. The lowest BCUT2D eigenvalue weighted by molar-refractivity contribution is -0.146. The summed E-state index contributed by atoms with van der Waals surface area (Å²) >= 11 is 0. The highest BCUT2D eigenvalue weighted by molar-refractivity contribution is 5.70. The Morgan fingerprint density at radius 3 is 2.33 bits per heavy atom. The fraction of sp³-hybridized carbons (Fsp3) is 0.938. The molecule has 0 aromatic rings. The Morgan fingerprint density at radius 2 is 1.89 bits per heavy atom. The Balaban J connectivity index is 2.67. The van der Waals surface area contributed by atoms with E-state index in [4.69, 9.17) is 0 Å². The van der Waals surface area contributed by atoms with Crippen LogP contribution in [0.25, 0.3) is 0 Å². The predicted molar refractivity (Wildman–Crippen MR) is 75.5 cm³/mol. The van der Waals surface area contributed by atoms with E-state index in [2.05, 4.69) is 34.6 Å². The fourth-order valence-electron chi connectivity index (χ4n) is 3.24. The van der Waals surface area contributed by atoms with Crippen LogP contribution in [0.4, 0.5) is 0 Å². The van der Waals surface area contributed by atoms with Crippen molar-refractivity contribution in [2.75, 3.05) is 0 Å². The molecule has 0 amide bonds. The molecule has 1 aliphatic rings. The van der Waals surface area contributed by atoms with Gasteiger partial charge < -0.3 is 5.11 Å². The third-order valence-corrected chi connectivity index (χ3v) is 4.64. The van der Waals surface area contributed by atoms with E-state index in [1.165, 1.54) is 0 Å². The van der Waals surface area contributed by atoms with Gasteiger partial charge in [-0.2, -0.15) is 0 Å². The summed E-state index contributed by atoms with van der Waals surface area (Å²) in [5, 5.41) is 9.36. The zero-order valence-electron chi connectivity index (χ0n) is 12.7. The molecule has 0 bridgehead atoms. The molecule has 1 N–H and O–H groups in total. The minimum Gasteiger partial charge on any atom is -0.481 e. The molecule has 0 aromatic carbocycles. The Hall–Kier alpha value is -0.530. The molecule has 18 heavy (non-hydrogen) atoms. The smallest absolute Gasteiger partial charge is 0.306 e. The number of hydrogen-bond acceptors (Lipinski definition) is 1. The van der Waals surface area contributed by atoms with Crippen molar-refractivity contribution in [3.05, 3.63) is 0 Å². The number of hydrogen-bond donors (Lipinski definition) is 1. The van der Waals surface area contributed by atoms with Crippen LogP contribution in [0.1, 0.15) is 66.7 Å². The van der Waals surface area contributed by atoms with Crippen LogP contribution in [0.5, 0.6) is 0 Å². The molecule has 0 radical (unpaired) electrons. The summed E-state index contributed by atoms with van der Waals surface area (Å²) in [5.74, 6) is 1.08. The summed E-state index contributed by atoms with van der Waals surface area (Å²) < 4.78 is 0. The molecule has 106 valence electrons. The molecule has 0 saturated heterocycles. The average Bonchev–Trinajstić information content (AvgIpc) is 2.24. The van der Waals surface area contributed by atoms with Crippen LogP contribution in [0, 0.1) is 29.1 Å². The van der Waals surface area contributed by atoms with Gasteiger partial charge in [0.1, 0.15) is 0 Å². The Labute approximate surface area is 112 Å². The van der Waals surface area contributed by atoms with Gasteiger partial charge in [-0.3, -0.25) is 4.79 Å². The first-order valence-corrected chi connectivity index (χ1v) is 7.44. The Kier molecular flexibility index (Phi) is 5.24. The standard InChI is InChI=1S/C16H30O2/c1-11(2)6-7-12-10-13(16(3,4)5)8-9-14(12)15(17)18/h11-14H,6-10H2,1-5H3,(H,17,18). The second-order valence-corrected chi connectivity index (χ2v) is 7.55. The number of aliphatic carboxylic acids is 1. The molecule has 3 atom stereocenters. The van der Waals surface area contributed by atoms with E-state index in [-0.39, 0.29) is 5.92 Å². The molecule has 1 fully saturated rings. The summed E-state index contributed by atoms with van der Waals surface area (Å²) in [6.45, 7) is 11.3. The maximum absolute atomic E-state index is 11.4. The number of rotatable bonds is 4. The minimum absolute atomic E-state index is 0.0950. The van der Waals surface area contributed by atoms with Gasteiger partial charge in [0.25, 0.3) is 0 Å². The molecule has 2 nitrogen and oxygen atoms in total. The first kappa shape index (κ1) is 15.5. The lowest BCUT2D eigenvalue weighted by Gasteiger charge is -2.40. The van der Waals surface area contributed by atoms with Crippen LogP contribution in [-0.4, -0.2) is 11.1 Å². The predicted octanol–water partition coefficient (Wildman–Crippen LogP) is 4.59. The topological polar surface area (TPSA) is 37.3 Å². The Bertz CT molecular complexity index is 275. The number of carboxylic acids is 1. The van der Waals surface area contributed by atoms with Crippen molar-refractivity contribution in [2.24, 2.45) is 29.1 Å². The molecule has 0 spiro atoms. The highest BCUT2D eigenvalue weighted by Gasteiger charge is 2.38. The van der Waals surface area contributed by atoms with Gasteiger partial charge in [-0.25, -0.2) is 0 Å². The molecular weight excluding hydrogens is 224 g/mol. The average molecular weight is 254 g/mol. The van der Waals surface area contributed by atoms with E-state index in [0.29, 0.717) is 23.2 Å². The first-order valence-electron chi connectivity index (χ1n) is 7.44. The van der Waals surface area contributed by atoms with Crippen molar-refractivity contribution in [1.82, 2.24) is 0 Å². The molecule has 1 saturated carbocycles. The van der Waals surface area contributed by atoms with Crippen LogP contribution in [0.3, 0.4) is 0 Å². The van der Waals surface area contributed by atoms with Gasteiger partial charge in [0, 0.05) is 0 Å². The molecule has 2 heteroatoms. The van der Waals surface area contributed by atoms with E-state index in [9.17, 15) is 9.90 Å². The van der Waals surface area contributed by atoms with Crippen molar-refractivity contribution >= 4 is 5.97 Å². The monoisotopic (exact) mass is 254 g/mol. The lowest BCUT2D eigenvalue weighted by atomic mass is 9.64. The largest absolute Gasteiger partial charge is 0.481 e. The van der Waals surface area contributed by atoms with Gasteiger partial charge in [0.15, 0.2) is 0 Å². The summed E-state index contributed by atoms with van der Waals surface area (Å²) in [7, 11) is 0. The normalized spacial score (nSPS) is 29.6. The second-order valence-electron chi connectivity index (χ2n) is 7.55. The van der Waals surface area contributed by atoms with Crippen molar-refractivity contribution in [3.63, 3.8) is 0 Å². The van der Waals surface area contributed by atoms with Crippen molar-refractivity contribution in [1.29, 1.82) is 0 Å². The van der Waals surface area contributed by atoms with Gasteiger partial charge in [0.05, 0.1) is 5.92 Å². The maximum Gasteiger partial charge on any atom is 0.306 e. The van der Waals surface area contributed by atoms with E-state index in [1.54, 1.807) is 0 Å². The number of carbonyl (C=O) groups is 1. The zero-order chi connectivity index (χ0) is 13.9. The van der Waals surface area contributed by atoms with Crippen LogP contribution >= 0.6 is 0 Å². The SMILES string of the molecule is CC(C)CCC1CC(C(C)(C)C)CCC1C(=O)O. The molecule has 1 rings (SSSR count). The summed E-state index contributed by atoms with van der Waals surface area (Å²) in [6.07, 6.45) is 5.30. The lowest BCUT2D eigenvalue weighted by Crippen LogP contribution is -2.35. The van der Waals surface area contributed by atoms with Gasteiger partial charge in [-0.15, -0.1) is 0 Å². The van der Waals surface area contributed by atoms with Gasteiger partial charge in [-0.1, -0.05) is 41.0 Å². The highest BCUT2D eigenvalue weighted by Crippen LogP contribution is 2.44. The third-order valence-electron chi connectivity index (χ3n) is 4.64. The van der Waals surface area contributed by atoms with E-state index >= 15 is 0 Å². The van der Waals surface area contributed by atoms with E-state index < -0.39 is 5.97 Å². The zero-order valence-corrected chi connectivity index (χ0v) is 12.7. The summed E-state index contributed by atoms with van der Waals surface area (Å²) in [6, 6.07) is 0. The van der Waals surface area contributed by atoms with Crippen LogP contribution in [-0.2, 0) is 4.79 Å². The van der Waals surface area contributed by atoms with Crippen LogP contribution in [0.2, 0.25) is 0 Å². The van der Waals surface area contributed by atoms with Crippen molar-refractivity contribution in [2.45, 2.75) is 66.7 Å². The van der Waals surface area contributed by atoms with E-state index in [1.807, 2.05) is 0 Å². The highest BCUT2D eigenvalue weighted by atomic mass is 16.4. The molecule has 0 aromatic heterocycles.